The van der Waals surface area contributed by atoms with Crippen LogP contribution in [0.1, 0.15) is 68.3 Å². The van der Waals surface area contributed by atoms with Crippen LogP contribution in [-0.2, 0) is 14.8 Å². The van der Waals surface area contributed by atoms with Crippen LogP contribution in [0, 0.1) is 6.92 Å². The number of hydrogen-bond acceptors (Lipinski definition) is 9. The molecule has 1 aliphatic heterocycles. The zero-order chi connectivity index (χ0) is 30.1. The molecule has 4 heterocycles. The molecule has 0 bridgehead atoms. The molecule has 0 radical (unpaired) electrons. The number of rotatable bonds is 8. The van der Waals surface area contributed by atoms with Gasteiger partial charge in [0.1, 0.15) is 11.4 Å². The standard InChI is InChI=1S/C27H38N8O5S/c1-8-21(33(6)25(36)23-19(10-9-12-28-23)32-41(7,38)39)20-14-22-30-24(17(2)15-35(22)31-20)34-13-11-18(16-34)29-26(37)40-27(3,4)5/h9-10,12,14-15,18,21,32H,8,11,13,16H2,1-7H3,(H,29,37)/t18-,21-/m0/s1. The number of alkyl carbamates (subject to hydrolysis) is 1. The molecule has 2 atom stereocenters. The van der Waals surface area contributed by atoms with Crippen LogP contribution in [0.3, 0.4) is 0 Å². The molecule has 1 aliphatic rings. The lowest BCUT2D eigenvalue weighted by atomic mass is 10.1. The molecular formula is C27H38N8O5S. The number of aromatic nitrogens is 4. The fourth-order valence-corrected chi connectivity index (χ4v) is 5.46. The summed E-state index contributed by atoms with van der Waals surface area (Å²) in [7, 11) is -1.96. The maximum atomic E-state index is 13.4. The van der Waals surface area contributed by atoms with E-state index in [0.29, 0.717) is 24.3 Å². The molecule has 222 valence electrons. The number of pyridine rings is 1. The second kappa shape index (κ2) is 11.5. The van der Waals surface area contributed by atoms with Crippen molar-refractivity contribution < 1.29 is 22.7 Å². The third kappa shape index (κ3) is 7.23. The van der Waals surface area contributed by atoms with E-state index in [-0.39, 0.29) is 17.4 Å². The molecule has 41 heavy (non-hydrogen) atoms. The van der Waals surface area contributed by atoms with E-state index in [0.717, 1.165) is 30.6 Å². The normalized spacial score (nSPS) is 16.5. The van der Waals surface area contributed by atoms with Crippen LogP contribution in [0.2, 0.25) is 0 Å². The Kier molecular flexibility index (Phi) is 8.43. The Morgan fingerprint density at radius 3 is 2.68 bits per heavy atom. The van der Waals surface area contributed by atoms with E-state index in [4.69, 9.17) is 14.8 Å². The van der Waals surface area contributed by atoms with Gasteiger partial charge in [0.15, 0.2) is 11.3 Å². The molecule has 0 aromatic carbocycles. The number of carbonyl (C=O) groups excluding carboxylic acids is 2. The summed E-state index contributed by atoms with van der Waals surface area (Å²) < 4.78 is 33.1. The zero-order valence-corrected chi connectivity index (χ0v) is 25.3. The van der Waals surface area contributed by atoms with Gasteiger partial charge in [-0.1, -0.05) is 6.92 Å². The van der Waals surface area contributed by atoms with Gasteiger partial charge in [0, 0.05) is 44.2 Å². The Labute approximate surface area is 240 Å². The first-order valence-electron chi connectivity index (χ1n) is 13.5. The van der Waals surface area contributed by atoms with Gasteiger partial charge in [-0.25, -0.2) is 27.7 Å². The van der Waals surface area contributed by atoms with Crippen LogP contribution in [0.4, 0.5) is 16.3 Å². The summed E-state index contributed by atoms with van der Waals surface area (Å²) in [6.07, 6.45) is 5.26. The fraction of sp³-hybridized carbons (Fsp3) is 0.519. The number of nitrogens with one attached hydrogen (secondary N) is 2. The maximum absolute atomic E-state index is 13.4. The summed E-state index contributed by atoms with van der Waals surface area (Å²) in [5, 5.41) is 7.66. The smallest absolute Gasteiger partial charge is 0.407 e. The second-order valence-corrected chi connectivity index (χ2v) is 13.1. The summed E-state index contributed by atoms with van der Waals surface area (Å²) in [4.78, 5) is 38.3. The monoisotopic (exact) mass is 586 g/mol. The van der Waals surface area contributed by atoms with Crippen molar-refractivity contribution in [2.24, 2.45) is 0 Å². The molecule has 0 aliphatic carbocycles. The van der Waals surface area contributed by atoms with Crippen LogP contribution in [-0.4, -0.2) is 82.9 Å². The third-order valence-corrected chi connectivity index (χ3v) is 7.24. The van der Waals surface area contributed by atoms with E-state index < -0.39 is 33.7 Å². The number of ether oxygens (including phenoxy) is 1. The first-order chi connectivity index (χ1) is 19.1. The van der Waals surface area contributed by atoms with Crippen LogP contribution in [0.25, 0.3) is 5.65 Å². The number of amides is 2. The first kappa shape index (κ1) is 30.0. The summed E-state index contributed by atoms with van der Waals surface area (Å²) >= 11 is 0. The Morgan fingerprint density at radius 2 is 2.02 bits per heavy atom. The number of fused-ring (bicyclic) bond motifs is 1. The van der Waals surface area contributed by atoms with E-state index in [2.05, 4.69) is 19.9 Å². The van der Waals surface area contributed by atoms with Crippen molar-refractivity contribution in [3.63, 3.8) is 0 Å². The molecule has 0 unspecified atom stereocenters. The molecule has 4 rings (SSSR count). The van der Waals surface area contributed by atoms with E-state index in [9.17, 15) is 18.0 Å². The highest BCUT2D eigenvalue weighted by molar-refractivity contribution is 7.92. The van der Waals surface area contributed by atoms with Gasteiger partial charge in [0.25, 0.3) is 5.91 Å². The van der Waals surface area contributed by atoms with E-state index in [1.165, 1.54) is 17.2 Å². The van der Waals surface area contributed by atoms with Gasteiger partial charge in [-0.3, -0.25) is 9.52 Å². The highest BCUT2D eigenvalue weighted by Gasteiger charge is 2.30. The van der Waals surface area contributed by atoms with Gasteiger partial charge in [-0.05, 0) is 52.7 Å². The second-order valence-electron chi connectivity index (χ2n) is 11.3. The number of aryl methyl sites for hydroxylation is 1. The highest BCUT2D eigenvalue weighted by atomic mass is 32.2. The molecule has 2 N–H and O–H groups in total. The third-order valence-electron chi connectivity index (χ3n) is 6.65. The van der Waals surface area contributed by atoms with Gasteiger partial charge in [0.05, 0.1) is 29.7 Å². The van der Waals surface area contributed by atoms with Gasteiger partial charge < -0.3 is 19.9 Å². The molecule has 14 heteroatoms. The largest absolute Gasteiger partial charge is 0.444 e. The molecule has 1 saturated heterocycles. The van der Waals surface area contributed by atoms with Gasteiger partial charge in [-0.2, -0.15) is 5.10 Å². The minimum atomic E-state index is -3.60. The Hall–Kier alpha value is -3.94. The summed E-state index contributed by atoms with van der Waals surface area (Å²) in [5.41, 5.74) is 1.75. The predicted octanol–water partition coefficient (Wildman–Crippen LogP) is 3.13. The number of sulfonamides is 1. The topological polar surface area (TPSA) is 151 Å². The van der Waals surface area contributed by atoms with E-state index in [1.54, 1.807) is 17.6 Å². The minimum absolute atomic E-state index is 0.00229. The summed E-state index contributed by atoms with van der Waals surface area (Å²) in [6, 6.07) is 4.45. The van der Waals surface area contributed by atoms with Crippen molar-refractivity contribution >= 4 is 39.2 Å². The van der Waals surface area contributed by atoms with Crippen molar-refractivity contribution in [2.75, 3.05) is 36.0 Å². The molecule has 3 aromatic heterocycles. The van der Waals surface area contributed by atoms with Crippen LogP contribution < -0.4 is 14.9 Å². The molecule has 13 nitrogen and oxygen atoms in total. The predicted molar refractivity (Wildman–Crippen MR) is 156 cm³/mol. The van der Waals surface area contributed by atoms with E-state index >= 15 is 0 Å². The minimum Gasteiger partial charge on any atom is -0.444 e. The number of hydrogen-bond donors (Lipinski definition) is 2. The highest BCUT2D eigenvalue weighted by Crippen LogP contribution is 2.28. The number of anilines is 2. The van der Waals surface area contributed by atoms with Gasteiger partial charge >= 0.3 is 6.09 Å². The van der Waals surface area contributed by atoms with Crippen molar-refractivity contribution in [3.05, 3.63) is 47.5 Å². The lowest BCUT2D eigenvalue weighted by Gasteiger charge is -2.26. The number of nitrogens with zero attached hydrogens (tertiary/aromatic N) is 6. The van der Waals surface area contributed by atoms with Gasteiger partial charge in [0.2, 0.25) is 10.0 Å². The Bertz CT molecular complexity index is 1550. The fourth-order valence-electron chi connectivity index (χ4n) is 4.89. The number of carbonyl (C=O) groups is 2. The summed E-state index contributed by atoms with van der Waals surface area (Å²) in [5.74, 6) is 0.367. The van der Waals surface area contributed by atoms with Crippen LogP contribution >= 0.6 is 0 Å². The zero-order valence-electron chi connectivity index (χ0n) is 24.5. The Morgan fingerprint density at radius 1 is 1.29 bits per heavy atom. The molecule has 3 aromatic rings. The van der Waals surface area contributed by atoms with E-state index in [1.807, 2.05) is 46.9 Å². The van der Waals surface area contributed by atoms with Crippen LogP contribution in [0.5, 0.6) is 0 Å². The molecule has 2 amide bonds. The first-order valence-corrected chi connectivity index (χ1v) is 15.4. The molecule has 0 spiro atoms. The molecule has 0 saturated carbocycles. The Balaban J connectivity index is 1.54. The van der Waals surface area contributed by atoms with Gasteiger partial charge in [-0.15, -0.1) is 0 Å². The average molecular weight is 587 g/mol. The van der Waals surface area contributed by atoms with Crippen LogP contribution in [0.15, 0.2) is 30.6 Å². The SMILES string of the molecule is CC[C@@H](c1cc2nc(N3CC[C@H](NC(=O)OC(C)(C)C)C3)c(C)cn2n1)N(C)C(=O)c1ncccc1NS(C)(=O)=O. The molecular weight excluding hydrogens is 548 g/mol. The maximum Gasteiger partial charge on any atom is 0.407 e. The average Bonchev–Trinajstić information content (AvgIpc) is 3.48. The quantitative estimate of drug-likeness (QED) is 0.406. The lowest BCUT2D eigenvalue weighted by molar-refractivity contribution is 0.0508. The lowest BCUT2D eigenvalue weighted by Crippen LogP contribution is -2.40. The van der Waals surface area contributed by atoms with Crippen molar-refractivity contribution in [2.45, 2.75) is 65.1 Å². The summed E-state index contributed by atoms with van der Waals surface area (Å²) in [6.45, 7) is 10.7. The van der Waals surface area contributed by atoms with Crippen molar-refractivity contribution in [1.82, 2.24) is 29.8 Å². The van der Waals surface area contributed by atoms with Crippen molar-refractivity contribution in [3.8, 4) is 0 Å². The molecule has 1 fully saturated rings. The van der Waals surface area contributed by atoms with Crippen molar-refractivity contribution in [1.29, 1.82) is 0 Å².